The van der Waals surface area contributed by atoms with Crippen molar-refractivity contribution in [2.75, 3.05) is 0 Å². The maximum atomic E-state index is 12.2. The van der Waals surface area contributed by atoms with Crippen LogP contribution in [0.1, 0.15) is 54.7 Å². The third-order valence-electron chi connectivity index (χ3n) is 3.85. The summed E-state index contributed by atoms with van der Waals surface area (Å²) in [5.74, 6) is 0.0417. The van der Waals surface area contributed by atoms with Crippen molar-refractivity contribution < 1.29 is 4.79 Å². The zero-order valence-corrected chi connectivity index (χ0v) is 13.9. The van der Waals surface area contributed by atoms with Crippen molar-refractivity contribution in [2.24, 2.45) is 0 Å². The Kier molecular flexibility index (Phi) is 4.97. The zero-order chi connectivity index (χ0) is 16.2. The van der Waals surface area contributed by atoms with Gasteiger partial charge in [0, 0.05) is 5.56 Å². The minimum absolute atomic E-state index is 0.0417. The van der Waals surface area contributed by atoms with E-state index in [0.29, 0.717) is 0 Å². The van der Waals surface area contributed by atoms with E-state index in [9.17, 15) is 4.79 Å². The topological polar surface area (TPSA) is 17.1 Å². The van der Waals surface area contributed by atoms with Crippen LogP contribution in [0.2, 0.25) is 0 Å². The van der Waals surface area contributed by atoms with Crippen LogP contribution in [0.5, 0.6) is 0 Å². The van der Waals surface area contributed by atoms with Gasteiger partial charge in [0.25, 0.3) is 0 Å². The molecule has 0 N–H and O–H groups in total. The van der Waals surface area contributed by atoms with Gasteiger partial charge in [0.2, 0.25) is 0 Å². The quantitative estimate of drug-likeness (QED) is 0.541. The van der Waals surface area contributed by atoms with E-state index in [0.717, 1.165) is 17.5 Å². The number of hydrogen-bond acceptors (Lipinski definition) is 1. The highest BCUT2D eigenvalue weighted by Crippen LogP contribution is 2.22. The highest BCUT2D eigenvalue weighted by Gasteiger charge is 2.13. The molecule has 0 saturated heterocycles. The van der Waals surface area contributed by atoms with E-state index in [-0.39, 0.29) is 11.2 Å². The van der Waals surface area contributed by atoms with Crippen LogP contribution in [0, 0.1) is 0 Å². The largest absolute Gasteiger partial charge is 0.289 e. The fourth-order valence-corrected chi connectivity index (χ4v) is 2.27. The first kappa shape index (κ1) is 16.2. The number of aryl methyl sites for hydroxylation is 1. The SMILES string of the molecule is CCc1ccc(/C=C/C(=O)c2ccc(C(C)(C)C)cc2)cc1. The molecule has 0 bridgehead atoms. The minimum atomic E-state index is 0.0417. The summed E-state index contributed by atoms with van der Waals surface area (Å²) in [6, 6.07) is 16.2. The van der Waals surface area contributed by atoms with Gasteiger partial charge in [-0.1, -0.05) is 82.3 Å². The average Bonchev–Trinajstić information content (AvgIpc) is 2.52. The second-order valence-electron chi connectivity index (χ2n) is 6.62. The summed E-state index contributed by atoms with van der Waals surface area (Å²) in [5.41, 5.74) is 4.44. The summed E-state index contributed by atoms with van der Waals surface area (Å²) >= 11 is 0. The third-order valence-corrected chi connectivity index (χ3v) is 3.85. The molecule has 0 unspecified atom stereocenters. The standard InChI is InChI=1S/C21H24O/c1-5-16-6-8-17(9-7-16)10-15-20(22)18-11-13-19(14-12-18)21(2,3)4/h6-15H,5H2,1-4H3/b15-10+. The molecule has 22 heavy (non-hydrogen) atoms. The second-order valence-corrected chi connectivity index (χ2v) is 6.62. The van der Waals surface area contributed by atoms with Gasteiger partial charge < -0.3 is 0 Å². The van der Waals surface area contributed by atoms with E-state index in [1.165, 1.54) is 11.1 Å². The molecule has 2 aromatic carbocycles. The van der Waals surface area contributed by atoms with Gasteiger partial charge >= 0.3 is 0 Å². The van der Waals surface area contributed by atoms with Crippen molar-refractivity contribution in [1.29, 1.82) is 0 Å². The number of carbonyl (C=O) groups excluding carboxylic acids is 1. The summed E-state index contributed by atoms with van der Waals surface area (Å²) in [7, 11) is 0. The lowest BCUT2D eigenvalue weighted by Gasteiger charge is -2.18. The molecule has 0 fully saturated rings. The van der Waals surface area contributed by atoms with E-state index in [1.807, 2.05) is 42.5 Å². The lowest BCUT2D eigenvalue weighted by molar-refractivity contribution is 0.104. The molecular formula is C21H24O. The summed E-state index contributed by atoms with van der Waals surface area (Å²) in [6.07, 6.45) is 4.55. The van der Waals surface area contributed by atoms with Gasteiger partial charge in [-0.25, -0.2) is 0 Å². The molecular weight excluding hydrogens is 268 g/mol. The summed E-state index contributed by atoms with van der Waals surface area (Å²) in [4.78, 5) is 12.2. The highest BCUT2D eigenvalue weighted by molar-refractivity contribution is 6.06. The monoisotopic (exact) mass is 292 g/mol. The second kappa shape index (κ2) is 6.74. The molecule has 0 amide bonds. The van der Waals surface area contributed by atoms with Crippen LogP contribution < -0.4 is 0 Å². The molecule has 2 aromatic rings. The Morgan fingerprint density at radius 3 is 2.05 bits per heavy atom. The molecule has 0 aliphatic rings. The minimum Gasteiger partial charge on any atom is -0.289 e. The van der Waals surface area contributed by atoms with Crippen molar-refractivity contribution in [3.63, 3.8) is 0 Å². The molecule has 0 heterocycles. The van der Waals surface area contributed by atoms with E-state index in [4.69, 9.17) is 0 Å². The predicted octanol–water partition coefficient (Wildman–Crippen LogP) is 5.44. The first-order chi connectivity index (χ1) is 10.4. The number of benzene rings is 2. The first-order valence-electron chi connectivity index (χ1n) is 7.82. The molecule has 2 rings (SSSR count). The Bertz CT molecular complexity index is 653. The van der Waals surface area contributed by atoms with Gasteiger partial charge in [0.1, 0.15) is 0 Å². The summed E-state index contributed by atoms with van der Waals surface area (Å²) < 4.78 is 0. The number of hydrogen-bond donors (Lipinski definition) is 0. The number of allylic oxidation sites excluding steroid dienone is 1. The summed E-state index contributed by atoms with van der Waals surface area (Å²) in [6.45, 7) is 8.65. The fourth-order valence-electron chi connectivity index (χ4n) is 2.27. The molecule has 0 atom stereocenters. The maximum Gasteiger partial charge on any atom is 0.185 e. The Labute approximate surface area is 133 Å². The average molecular weight is 292 g/mol. The molecule has 0 aliphatic heterocycles. The van der Waals surface area contributed by atoms with Gasteiger partial charge in [0.05, 0.1) is 0 Å². The van der Waals surface area contributed by atoms with Crippen LogP contribution in [0.25, 0.3) is 6.08 Å². The van der Waals surface area contributed by atoms with Crippen molar-refractivity contribution in [2.45, 2.75) is 39.5 Å². The molecule has 1 nitrogen and oxygen atoms in total. The molecule has 0 radical (unpaired) electrons. The van der Waals surface area contributed by atoms with Crippen LogP contribution in [-0.2, 0) is 11.8 Å². The number of ketones is 1. The number of rotatable bonds is 4. The Hall–Kier alpha value is -2.15. The molecule has 0 aliphatic carbocycles. The Morgan fingerprint density at radius 2 is 1.55 bits per heavy atom. The van der Waals surface area contributed by atoms with Crippen LogP contribution in [-0.4, -0.2) is 5.78 Å². The van der Waals surface area contributed by atoms with Crippen LogP contribution in [0.15, 0.2) is 54.6 Å². The van der Waals surface area contributed by atoms with Crippen molar-refractivity contribution in [3.05, 3.63) is 76.9 Å². The maximum absolute atomic E-state index is 12.2. The molecule has 0 saturated carbocycles. The Balaban J connectivity index is 2.09. The van der Waals surface area contributed by atoms with Crippen LogP contribution in [0.3, 0.4) is 0 Å². The van der Waals surface area contributed by atoms with E-state index in [2.05, 4.69) is 39.8 Å². The molecule has 0 aromatic heterocycles. The van der Waals surface area contributed by atoms with Crippen LogP contribution >= 0.6 is 0 Å². The lowest BCUT2D eigenvalue weighted by Crippen LogP contribution is -2.11. The van der Waals surface area contributed by atoms with Gasteiger partial charge in [-0.3, -0.25) is 4.79 Å². The Morgan fingerprint density at radius 1 is 0.955 bits per heavy atom. The smallest absolute Gasteiger partial charge is 0.185 e. The van der Waals surface area contributed by atoms with Gasteiger partial charge in [0.15, 0.2) is 5.78 Å². The van der Waals surface area contributed by atoms with Crippen LogP contribution in [0.4, 0.5) is 0 Å². The van der Waals surface area contributed by atoms with E-state index < -0.39 is 0 Å². The predicted molar refractivity (Wildman–Crippen MR) is 94.3 cm³/mol. The lowest BCUT2D eigenvalue weighted by atomic mass is 9.86. The first-order valence-corrected chi connectivity index (χ1v) is 7.82. The fraction of sp³-hybridized carbons (Fsp3) is 0.286. The number of carbonyl (C=O) groups is 1. The van der Waals surface area contributed by atoms with Crippen molar-refractivity contribution in [1.82, 2.24) is 0 Å². The van der Waals surface area contributed by atoms with Gasteiger partial charge in [-0.05, 0) is 34.6 Å². The highest BCUT2D eigenvalue weighted by atomic mass is 16.1. The third kappa shape index (κ3) is 4.17. The van der Waals surface area contributed by atoms with E-state index in [1.54, 1.807) is 6.08 Å². The van der Waals surface area contributed by atoms with E-state index >= 15 is 0 Å². The van der Waals surface area contributed by atoms with Crippen molar-refractivity contribution in [3.8, 4) is 0 Å². The normalized spacial score (nSPS) is 11.8. The molecule has 1 heteroatoms. The van der Waals surface area contributed by atoms with Gasteiger partial charge in [-0.15, -0.1) is 0 Å². The summed E-state index contributed by atoms with van der Waals surface area (Å²) in [5, 5.41) is 0. The molecule has 0 spiro atoms. The molecule has 114 valence electrons. The zero-order valence-electron chi connectivity index (χ0n) is 13.9. The van der Waals surface area contributed by atoms with Crippen molar-refractivity contribution >= 4 is 11.9 Å². The van der Waals surface area contributed by atoms with Gasteiger partial charge in [-0.2, -0.15) is 0 Å².